The number of ketones is 3. The van der Waals surface area contributed by atoms with Gasteiger partial charge in [0.25, 0.3) is 0 Å². The molecule has 5 atom stereocenters. The van der Waals surface area contributed by atoms with Crippen LogP contribution >= 0.6 is 0 Å². The fourth-order valence-corrected chi connectivity index (χ4v) is 7.51. The third-order valence-corrected chi connectivity index (χ3v) is 9.53. The highest BCUT2D eigenvalue weighted by molar-refractivity contribution is 6.18. The van der Waals surface area contributed by atoms with Crippen molar-refractivity contribution in [1.82, 2.24) is 4.90 Å². The number of likely N-dealkylation sites (tertiary alicyclic amines) is 1. The molecule has 6 aliphatic rings. The van der Waals surface area contributed by atoms with Gasteiger partial charge in [-0.1, -0.05) is 29.4 Å². The van der Waals surface area contributed by atoms with E-state index in [4.69, 9.17) is 9.47 Å². The molecule has 0 aromatic heterocycles. The second-order valence-electron chi connectivity index (χ2n) is 12.5. The van der Waals surface area contributed by atoms with E-state index in [2.05, 4.69) is 4.90 Å². The number of aromatic hydroxyl groups is 2. The van der Waals surface area contributed by atoms with E-state index in [-0.39, 0.29) is 65.0 Å². The average molecular weight is 548 g/mol. The number of carbonyl (C=O) groups excluding carboxylic acids is 3. The molecule has 212 valence electrons. The molecule has 3 aliphatic carbocycles. The van der Waals surface area contributed by atoms with E-state index in [1.165, 1.54) is 6.07 Å². The number of hydrogen-bond acceptors (Lipinski definition) is 8. The van der Waals surface area contributed by atoms with Crippen LogP contribution in [0.5, 0.6) is 17.2 Å². The van der Waals surface area contributed by atoms with Crippen LogP contribution in [0.2, 0.25) is 0 Å². The van der Waals surface area contributed by atoms with E-state index in [9.17, 15) is 24.6 Å². The van der Waals surface area contributed by atoms with Crippen LogP contribution in [-0.2, 0) is 20.7 Å². The minimum Gasteiger partial charge on any atom is -0.507 e. The van der Waals surface area contributed by atoms with Crippen LogP contribution in [0.3, 0.4) is 0 Å². The van der Waals surface area contributed by atoms with Crippen molar-refractivity contribution >= 4 is 17.3 Å². The maximum atomic E-state index is 14.4. The second-order valence-corrected chi connectivity index (χ2v) is 12.5. The summed E-state index contributed by atoms with van der Waals surface area (Å²) in [6, 6.07) is 1.20. The summed E-state index contributed by atoms with van der Waals surface area (Å²) in [5.41, 5.74) is 0.0702. The van der Waals surface area contributed by atoms with Crippen molar-refractivity contribution < 1.29 is 34.1 Å². The molecule has 1 spiro atoms. The van der Waals surface area contributed by atoms with Crippen LogP contribution < -0.4 is 4.74 Å². The van der Waals surface area contributed by atoms with Gasteiger partial charge in [0.2, 0.25) is 0 Å². The summed E-state index contributed by atoms with van der Waals surface area (Å²) in [6.07, 6.45) is 7.22. The van der Waals surface area contributed by atoms with Gasteiger partial charge < -0.3 is 24.6 Å². The Hall–Kier alpha value is -3.23. The maximum absolute atomic E-state index is 14.4. The number of ether oxygens (including phenoxy) is 2. The van der Waals surface area contributed by atoms with E-state index < -0.39 is 17.1 Å². The second kappa shape index (κ2) is 9.42. The van der Waals surface area contributed by atoms with Gasteiger partial charge in [-0.15, -0.1) is 0 Å². The average Bonchev–Trinajstić information content (AvgIpc) is 3.18. The van der Waals surface area contributed by atoms with E-state index in [0.29, 0.717) is 50.0 Å². The van der Waals surface area contributed by atoms with Crippen molar-refractivity contribution in [3.8, 4) is 17.2 Å². The van der Waals surface area contributed by atoms with Crippen LogP contribution in [0.1, 0.15) is 62.9 Å². The number of Topliss-reactive ketones (excluding diaryl/α,β-unsaturated/α-hetero) is 3. The summed E-state index contributed by atoms with van der Waals surface area (Å²) in [5.74, 6) is -1.59. The first-order valence-corrected chi connectivity index (χ1v) is 14.2. The molecule has 2 saturated heterocycles. The number of carbonyl (C=O) groups is 3. The van der Waals surface area contributed by atoms with Gasteiger partial charge in [0, 0.05) is 67.9 Å². The van der Waals surface area contributed by atoms with E-state index in [0.717, 1.165) is 11.1 Å². The molecule has 8 nitrogen and oxygen atoms in total. The molecule has 1 saturated carbocycles. The zero-order valence-electron chi connectivity index (χ0n) is 23.6. The number of phenols is 2. The molecule has 3 aliphatic heterocycles. The zero-order chi connectivity index (χ0) is 28.6. The van der Waals surface area contributed by atoms with Gasteiger partial charge in [-0.05, 0) is 40.0 Å². The molecule has 3 fully saturated rings. The lowest BCUT2D eigenvalue weighted by molar-refractivity contribution is -0.171. The zero-order valence-corrected chi connectivity index (χ0v) is 23.6. The molecule has 8 heteroatoms. The van der Waals surface area contributed by atoms with E-state index in [1.807, 2.05) is 39.8 Å². The summed E-state index contributed by atoms with van der Waals surface area (Å²) < 4.78 is 13.4. The molecular weight excluding hydrogens is 510 g/mol. The number of nitrogens with zero attached hydrogens (tertiary/aromatic N) is 1. The standard InChI is InChI=1S/C32H37NO7/c1-17(2)5-6-20-25(35)14-26(36)27-28(37)23-13-21-22(15-33-11-8-19(34)9-12-33)24-16-39-31(30(21)38,10-7-18(3)4)32(23,24)40-29(20)27/h5,7,13-14,21-22,24,35-36H,6,8-12,15-16H2,1-4H3/t21-,22+,24-,31+,32-/m1/s1. The number of allylic oxidation sites excluding steroid dienone is 4. The van der Waals surface area contributed by atoms with Crippen molar-refractivity contribution in [1.29, 1.82) is 0 Å². The number of fused-ring (bicyclic) bond motifs is 1. The van der Waals surface area contributed by atoms with Crippen LogP contribution in [0.25, 0.3) is 0 Å². The minimum atomic E-state index is -1.39. The lowest BCUT2D eigenvalue weighted by Crippen LogP contribution is -2.74. The molecule has 7 rings (SSSR count). The quantitative estimate of drug-likeness (QED) is 0.513. The predicted molar refractivity (Wildman–Crippen MR) is 148 cm³/mol. The molecule has 0 amide bonds. The van der Waals surface area contributed by atoms with Gasteiger partial charge in [-0.2, -0.15) is 0 Å². The van der Waals surface area contributed by atoms with Crippen molar-refractivity contribution in [3.05, 3.63) is 52.1 Å². The Bertz CT molecular complexity index is 1400. The third-order valence-electron chi connectivity index (χ3n) is 9.53. The Balaban J connectivity index is 1.53. The number of rotatable bonds is 6. The summed E-state index contributed by atoms with van der Waals surface area (Å²) in [5, 5.41) is 21.8. The molecule has 1 aromatic carbocycles. The lowest BCUT2D eigenvalue weighted by atomic mass is 9.49. The predicted octanol–water partition coefficient (Wildman–Crippen LogP) is 4.08. The Morgan fingerprint density at radius 1 is 1.05 bits per heavy atom. The van der Waals surface area contributed by atoms with Gasteiger partial charge in [-0.25, -0.2) is 0 Å². The van der Waals surface area contributed by atoms with Crippen LogP contribution in [0, 0.1) is 17.8 Å². The van der Waals surface area contributed by atoms with E-state index in [1.54, 1.807) is 6.08 Å². The van der Waals surface area contributed by atoms with Crippen molar-refractivity contribution in [3.63, 3.8) is 0 Å². The lowest BCUT2D eigenvalue weighted by Gasteiger charge is -2.59. The number of phenolic OH excluding ortho intramolecular Hbond substituents is 2. The highest BCUT2D eigenvalue weighted by atomic mass is 16.6. The molecule has 2 N–H and O–H groups in total. The van der Waals surface area contributed by atoms with Gasteiger partial charge in [0.05, 0.1) is 6.61 Å². The topological polar surface area (TPSA) is 113 Å². The number of hydrogen-bond donors (Lipinski definition) is 2. The molecular formula is C32H37NO7. The minimum absolute atomic E-state index is 0.0229. The van der Waals surface area contributed by atoms with Crippen LogP contribution in [0.15, 0.2) is 41.0 Å². The third kappa shape index (κ3) is 3.68. The Morgan fingerprint density at radius 2 is 1.75 bits per heavy atom. The Morgan fingerprint density at radius 3 is 2.42 bits per heavy atom. The molecule has 0 radical (unpaired) electrons. The SMILES string of the molecule is CC(C)=CCc1c(O)cc(O)c2c1O[C@@]13C(=C[C@H]4C(=O)[C@]1(CC=C(C)C)OC[C@@H]3[C@H]4CN1CCC(=O)CC1)C2=O. The van der Waals surface area contributed by atoms with Crippen molar-refractivity contribution in [2.45, 2.75) is 64.6 Å². The smallest absolute Gasteiger partial charge is 0.200 e. The van der Waals surface area contributed by atoms with Gasteiger partial charge in [0.15, 0.2) is 22.8 Å². The fraction of sp³-hybridized carbons (Fsp3) is 0.531. The highest BCUT2D eigenvalue weighted by Gasteiger charge is 2.79. The largest absolute Gasteiger partial charge is 0.507 e. The number of piperidine rings is 1. The summed E-state index contributed by atoms with van der Waals surface area (Å²) in [7, 11) is 0. The molecule has 4 bridgehead atoms. The Labute approximate surface area is 234 Å². The maximum Gasteiger partial charge on any atom is 0.200 e. The summed E-state index contributed by atoms with van der Waals surface area (Å²) in [4.78, 5) is 42.8. The Kier molecular flexibility index (Phi) is 6.35. The normalized spacial score (nSPS) is 32.2. The molecule has 0 unspecified atom stereocenters. The van der Waals surface area contributed by atoms with Crippen molar-refractivity contribution in [2.75, 3.05) is 26.2 Å². The van der Waals surface area contributed by atoms with Crippen LogP contribution in [-0.4, -0.2) is 69.9 Å². The fourth-order valence-electron chi connectivity index (χ4n) is 7.51. The molecule has 40 heavy (non-hydrogen) atoms. The summed E-state index contributed by atoms with van der Waals surface area (Å²) in [6.45, 7) is 9.95. The van der Waals surface area contributed by atoms with Gasteiger partial charge in [0.1, 0.15) is 28.6 Å². The highest BCUT2D eigenvalue weighted by Crippen LogP contribution is 2.65. The first-order valence-electron chi connectivity index (χ1n) is 14.2. The monoisotopic (exact) mass is 547 g/mol. The van der Waals surface area contributed by atoms with Crippen molar-refractivity contribution in [2.24, 2.45) is 17.8 Å². The van der Waals surface area contributed by atoms with E-state index >= 15 is 0 Å². The van der Waals surface area contributed by atoms with Gasteiger partial charge >= 0.3 is 0 Å². The van der Waals surface area contributed by atoms with Crippen LogP contribution in [0.4, 0.5) is 0 Å². The molecule has 3 heterocycles. The first-order chi connectivity index (χ1) is 19.0. The molecule has 1 aromatic rings. The first kappa shape index (κ1) is 27.0. The summed E-state index contributed by atoms with van der Waals surface area (Å²) >= 11 is 0. The number of benzene rings is 1. The van der Waals surface area contributed by atoms with Gasteiger partial charge in [-0.3, -0.25) is 14.4 Å².